The Balaban J connectivity index is 0.000000320. The van der Waals surface area contributed by atoms with Gasteiger partial charge in [0, 0.05) is 39.7 Å². The first kappa shape index (κ1) is 26.6. The second-order valence-corrected chi connectivity index (χ2v) is 8.78. The third-order valence-electron chi connectivity index (χ3n) is 3.41. The summed E-state index contributed by atoms with van der Waals surface area (Å²) >= 11 is 6.37. The number of nitrogens with one attached hydrogen (secondary N) is 1. The van der Waals surface area contributed by atoms with Gasteiger partial charge in [0.25, 0.3) is 0 Å². The zero-order valence-electron chi connectivity index (χ0n) is 14.3. The summed E-state index contributed by atoms with van der Waals surface area (Å²) < 4.78 is 66.6. The topological polar surface area (TPSA) is 97.9 Å². The standard InChI is InChI=1S/C8H4BrF3N2O3S.C7H5BrN2O.CH4.FH/c9-5-3-6-7(1-2-13-14(6)4-5)17-18(15,16)8(10,11)12;8-5-3-6-7(11)1-2-9-10(6)4-5;;/h1-4H;1-4,9H;1H4;1H. The molecule has 0 saturated heterocycles. The average Bonchev–Trinajstić information content (AvgIpc) is 3.17. The van der Waals surface area contributed by atoms with Gasteiger partial charge in [0.05, 0.1) is 6.20 Å². The molecule has 15 heteroatoms. The minimum atomic E-state index is -5.69. The Labute approximate surface area is 189 Å². The van der Waals surface area contributed by atoms with E-state index in [0.29, 0.717) is 9.99 Å². The van der Waals surface area contributed by atoms with Crippen LogP contribution in [0.5, 0.6) is 5.75 Å². The van der Waals surface area contributed by atoms with Crippen molar-refractivity contribution in [2.45, 2.75) is 12.9 Å². The number of fused-ring (bicyclic) bond motifs is 2. The van der Waals surface area contributed by atoms with Crippen LogP contribution >= 0.6 is 31.9 Å². The lowest BCUT2D eigenvalue weighted by Crippen LogP contribution is -2.28. The smallest absolute Gasteiger partial charge is 0.374 e. The van der Waals surface area contributed by atoms with Gasteiger partial charge in [0.2, 0.25) is 5.43 Å². The molecule has 0 spiro atoms. The van der Waals surface area contributed by atoms with Gasteiger partial charge in [-0.25, -0.2) is 4.52 Å². The average molecular weight is 594 g/mol. The normalized spacial score (nSPS) is 11.3. The Morgan fingerprint density at radius 3 is 2.29 bits per heavy atom. The molecular weight excluding hydrogens is 580 g/mol. The van der Waals surface area contributed by atoms with Crippen LogP contribution in [-0.4, -0.2) is 33.2 Å². The molecule has 0 aromatic carbocycles. The fourth-order valence-electron chi connectivity index (χ4n) is 2.20. The number of aromatic amines is 1. The summed E-state index contributed by atoms with van der Waals surface area (Å²) in [7, 11) is -5.69. The van der Waals surface area contributed by atoms with Gasteiger partial charge < -0.3 is 9.28 Å². The summed E-state index contributed by atoms with van der Waals surface area (Å²) in [5.41, 5.74) is -4.71. The van der Waals surface area contributed by atoms with Crippen molar-refractivity contribution in [2.75, 3.05) is 0 Å². The SMILES string of the molecule is C.F.O=S(=O)(Oc1ccnn2cc(Br)cc12)C(F)(F)F.O=c1cc[nH]n2cc(Br)cc12. The zero-order chi connectivity index (χ0) is 21.4. The summed E-state index contributed by atoms with van der Waals surface area (Å²) in [6, 6.07) is 5.69. The molecule has 31 heavy (non-hydrogen) atoms. The van der Waals surface area contributed by atoms with Gasteiger partial charge in [-0.3, -0.25) is 14.0 Å². The van der Waals surface area contributed by atoms with Gasteiger partial charge in [0.1, 0.15) is 11.0 Å². The van der Waals surface area contributed by atoms with Crippen molar-refractivity contribution in [3.05, 3.63) is 68.2 Å². The van der Waals surface area contributed by atoms with Crippen molar-refractivity contribution < 1.29 is 30.5 Å². The molecule has 4 heterocycles. The third kappa shape index (κ3) is 5.86. The van der Waals surface area contributed by atoms with Crippen LogP contribution < -0.4 is 9.61 Å². The van der Waals surface area contributed by atoms with Crippen molar-refractivity contribution in [3.63, 3.8) is 0 Å². The highest BCUT2D eigenvalue weighted by molar-refractivity contribution is 9.10. The molecule has 0 aliphatic rings. The molecule has 1 N–H and O–H groups in total. The number of hydrogen-bond acceptors (Lipinski definition) is 5. The highest BCUT2D eigenvalue weighted by atomic mass is 79.9. The number of hydrogen-bond donors (Lipinski definition) is 1. The molecule has 0 aliphatic heterocycles. The van der Waals surface area contributed by atoms with E-state index in [0.717, 1.165) is 16.7 Å². The van der Waals surface area contributed by atoms with E-state index in [1.165, 1.54) is 22.8 Å². The number of halogens is 6. The summed E-state index contributed by atoms with van der Waals surface area (Å²) in [5.74, 6) is -0.451. The highest BCUT2D eigenvalue weighted by Crippen LogP contribution is 2.30. The lowest BCUT2D eigenvalue weighted by atomic mass is 10.4. The molecule has 0 amide bonds. The molecule has 0 aliphatic carbocycles. The van der Waals surface area contributed by atoms with Gasteiger partial charge in [-0.15, -0.1) is 0 Å². The van der Waals surface area contributed by atoms with Crippen molar-refractivity contribution in [1.82, 2.24) is 19.2 Å². The molecule has 4 aromatic heterocycles. The van der Waals surface area contributed by atoms with Crippen molar-refractivity contribution in [3.8, 4) is 5.75 Å². The van der Waals surface area contributed by atoms with Crippen molar-refractivity contribution in [1.29, 1.82) is 0 Å². The Bertz CT molecular complexity index is 1350. The van der Waals surface area contributed by atoms with Crippen LogP contribution in [0.15, 0.2) is 62.8 Å². The van der Waals surface area contributed by atoms with E-state index in [4.69, 9.17) is 0 Å². The molecular formula is C16H14Br2F4N4O4S. The predicted octanol–water partition coefficient (Wildman–Crippen LogP) is 4.50. The van der Waals surface area contributed by atoms with Gasteiger partial charge >= 0.3 is 15.6 Å². The number of nitrogens with zero attached hydrogens (tertiary/aromatic N) is 3. The molecule has 170 valence electrons. The quantitative estimate of drug-likeness (QED) is 0.210. The van der Waals surface area contributed by atoms with E-state index < -0.39 is 21.4 Å². The Kier molecular flexibility index (Phi) is 8.44. The van der Waals surface area contributed by atoms with E-state index in [9.17, 15) is 26.4 Å². The van der Waals surface area contributed by atoms with Crippen LogP contribution in [0.3, 0.4) is 0 Å². The minimum Gasteiger partial charge on any atom is -0.374 e. The van der Waals surface area contributed by atoms with Crippen molar-refractivity contribution >= 4 is 53.0 Å². The lowest BCUT2D eigenvalue weighted by Gasteiger charge is -2.09. The van der Waals surface area contributed by atoms with E-state index in [-0.39, 0.29) is 23.1 Å². The number of alkyl halides is 3. The number of aromatic nitrogens is 4. The summed E-state index contributed by atoms with van der Waals surface area (Å²) in [6.07, 6.45) is 5.99. The molecule has 0 fully saturated rings. The van der Waals surface area contributed by atoms with Gasteiger partial charge in [0.15, 0.2) is 5.75 Å². The first-order valence-electron chi connectivity index (χ1n) is 7.47. The van der Waals surface area contributed by atoms with Crippen LogP contribution in [0.1, 0.15) is 7.43 Å². The monoisotopic (exact) mass is 592 g/mol. The number of rotatable bonds is 2. The fourth-order valence-corrected chi connectivity index (χ4v) is 3.50. The third-order valence-corrected chi connectivity index (χ3v) is 5.24. The molecule has 8 nitrogen and oxygen atoms in total. The molecule has 0 bridgehead atoms. The highest BCUT2D eigenvalue weighted by Gasteiger charge is 2.48. The largest absolute Gasteiger partial charge is 0.534 e. The molecule has 0 unspecified atom stereocenters. The Morgan fingerprint density at radius 2 is 1.68 bits per heavy atom. The van der Waals surface area contributed by atoms with E-state index in [1.807, 2.05) is 0 Å². The predicted molar refractivity (Wildman–Crippen MR) is 113 cm³/mol. The molecule has 0 atom stereocenters. The maximum Gasteiger partial charge on any atom is 0.534 e. The first-order chi connectivity index (χ1) is 13.5. The van der Waals surface area contributed by atoms with Crippen molar-refractivity contribution in [2.24, 2.45) is 0 Å². The summed E-state index contributed by atoms with van der Waals surface area (Å²) in [5, 5.41) is 6.68. The molecule has 4 rings (SSSR count). The first-order valence-corrected chi connectivity index (χ1v) is 10.5. The maximum absolute atomic E-state index is 12.2. The van der Waals surface area contributed by atoms with Crippen LogP contribution in [0.4, 0.5) is 17.9 Å². The zero-order valence-corrected chi connectivity index (χ0v) is 18.3. The summed E-state index contributed by atoms with van der Waals surface area (Å²) in [6.45, 7) is 0. The van der Waals surface area contributed by atoms with Crippen LogP contribution in [0, 0.1) is 0 Å². The van der Waals surface area contributed by atoms with Crippen LogP contribution in [0.2, 0.25) is 0 Å². The van der Waals surface area contributed by atoms with Crippen LogP contribution in [-0.2, 0) is 10.1 Å². The minimum absolute atomic E-state index is 0. The van der Waals surface area contributed by atoms with E-state index >= 15 is 0 Å². The Morgan fingerprint density at radius 1 is 1.06 bits per heavy atom. The Hall–Kier alpha value is -2.39. The fraction of sp³-hybridized carbons (Fsp3) is 0.125. The molecule has 4 aromatic rings. The molecule has 0 saturated carbocycles. The maximum atomic E-state index is 12.2. The lowest BCUT2D eigenvalue weighted by molar-refractivity contribution is -0.0499. The van der Waals surface area contributed by atoms with E-state index in [1.54, 1.807) is 23.0 Å². The van der Waals surface area contributed by atoms with Gasteiger partial charge in [-0.1, -0.05) is 7.43 Å². The molecule has 0 radical (unpaired) electrons. The van der Waals surface area contributed by atoms with E-state index in [2.05, 4.69) is 46.2 Å². The van der Waals surface area contributed by atoms with Gasteiger partial charge in [-0.2, -0.15) is 26.7 Å². The second-order valence-electron chi connectivity index (χ2n) is 5.41. The summed E-state index contributed by atoms with van der Waals surface area (Å²) in [4.78, 5) is 11.1. The number of H-pyrrole nitrogens is 1. The second kappa shape index (κ2) is 9.82. The van der Waals surface area contributed by atoms with Crippen LogP contribution in [0.25, 0.3) is 11.0 Å². The van der Waals surface area contributed by atoms with Gasteiger partial charge in [-0.05, 0) is 44.0 Å².